The number of alkyl halides is 1. The second-order valence-corrected chi connectivity index (χ2v) is 8.03. The number of nitrogens with zero attached hydrogens (tertiary/aromatic N) is 2. The predicted molar refractivity (Wildman–Crippen MR) is 87.8 cm³/mol. The Morgan fingerprint density at radius 1 is 1.33 bits per heavy atom. The molecule has 7 heteroatoms. The van der Waals surface area contributed by atoms with Crippen molar-refractivity contribution in [3.63, 3.8) is 0 Å². The molecule has 2 aromatic rings. The largest absolute Gasteiger partial charge is 0.352 e. The molecule has 1 aromatic carbocycles. The maximum Gasteiger partial charge on any atom is 0.244 e. The third kappa shape index (κ3) is 3.69. The molecule has 0 saturated heterocycles. The minimum Gasteiger partial charge on any atom is -0.352 e. The Labute approximate surface area is 138 Å². The average molecular weight is 392 g/mol. The van der Waals surface area contributed by atoms with Gasteiger partial charge in [0.2, 0.25) is 10.0 Å². The molecule has 4 nitrogen and oxygen atoms in total. The van der Waals surface area contributed by atoms with Crippen LogP contribution in [0.1, 0.15) is 11.3 Å². The fourth-order valence-electron chi connectivity index (χ4n) is 2.01. The summed E-state index contributed by atoms with van der Waals surface area (Å²) < 4.78 is 29.1. The second kappa shape index (κ2) is 6.52. The fraction of sp³-hybridized carbons (Fsp3) is 0.286. The van der Waals surface area contributed by atoms with Crippen LogP contribution in [0.2, 0.25) is 0 Å². The maximum atomic E-state index is 12.6. The van der Waals surface area contributed by atoms with Gasteiger partial charge in [-0.15, -0.1) is 11.6 Å². The van der Waals surface area contributed by atoms with Crippen molar-refractivity contribution < 1.29 is 8.42 Å². The van der Waals surface area contributed by atoms with E-state index in [2.05, 4.69) is 15.9 Å². The van der Waals surface area contributed by atoms with E-state index in [4.69, 9.17) is 11.6 Å². The van der Waals surface area contributed by atoms with Gasteiger partial charge in [-0.25, -0.2) is 8.42 Å². The molecule has 1 heterocycles. The number of aromatic nitrogens is 1. The van der Waals surface area contributed by atoms with Crippen LogP contribution in [0.25, 0.3) is 0 Å². The minimum absolute atomic E-state index is 0.262. The summed E-state index contributed by atoms with van der Waals surface area (Å²) in [7, 11) is -0.167. The Morgan fingerprint density at radius 2 is 2.05 bits per heavy atom. The van der Waals surface area contributed by atoms with Crippen LogP contribution in [0.15, 0.2) is 45.9 Å². The summed E-state index contributed by atoms with van der Waals surface area (Å²) in [5.41, 5.74) is 1.69. The lowest BCUT2D eigenvalue weighted by Gasteiger charge is -2.16. The van der Waals surface area contributed by atoms with Gasteiger partial charge in [0.05, 0.1) is 5.88 Å². The van der Waals surface area contributed by atoms with Gasteiger partial charge in [-0.1, -0.05) is 28.1 Å². The molecule has 0 spiro atoms. The molecule has 0 saturated carbocycles. The molecular weight excluding hydrogens is 376 g/mol. The highest BCUT2D eigenvalue weighted by Crippen LogP contribution is 2.21. The molecule has 114 valence electrons. The van der Waals surface area contributed by atoms with Crippen LogP contribution < -0.4 is 0 Å². The van der Waals surface area contributed by atoms with E-state index in [-0.39, 0.29) is 10.8 Å². The van der Waals surface area contributed by atoms with Gasteiger partial charge in [-0.3, -0.25) is 0 Å². The zero-order chi connectivity index (χ0) is 15.6. The van der Waals surface area contributed by atoms with E-state index in [9.17, 15) is 8.42 Å². The van der Waals surface area contributed by atoms with E-state index in [0.717, 1.165) is 15.7 Å². The summed E-state index contributed by atoms with van der Waals surface area (Å²) >= 11 is 9.17. The van der Waals surface area contributed by atoms with Crippen LogP contribution >= 0.6 is 27.5 Å². The molecule has 0 bridgehead atoms. The lowest BCUT2D eigenvalue weighted by molar-refractivity contribution is 0.466. The second-order valence-electron chi connectivity index (χ2n) is 4.80. The van der Waals surface area contributed by atoms with Crippen LogP contribution in [0.3, 0.4) is 0 Å². The van der Waals surface area contributed by atoms with Gasteiger partial charge in [-0.05, 0) is 23.8 Å². The Morgan fingerprint density at radius 3 is 2.62 bits per heavy atom. The maximum absolute atomic E-state index is 12.6. The monoisotopic (exact) mass is 390 g/mol. The quantitative estimate of drug-likeness (QED) is 0.734. The molecule has 0 fully saturated rings. The van der Waals surface area contributed by atoms with Gasteiger partial charge in [0.1, 0.15) is 4.90 Å². The third-order valence-electron chi connectivity index (χ3n) is 3.22. The predicted octanol–water partition coefficient (Wildman–Crippen LogP) is 3.35. The van der Waals surface area contributed by atoms with Crippen molar-refractivity contribution in [2.45, 2.75) is 17.3 Å². The summed E-state index contributed by atoms with van der Waals surface area (Å²) in [4.78, 5) is 0.262. The van der Waals surface area contributed by atoms with Crippen molar-refractivity contribution >= 4 is 37.6 Å². The number of rotatable bonds is 5. The Hall–Kier alpha value is -0.820. The van der Waals surface area contributed by atoms with Crippen molar-refractivity contribution in [2.75, 3.05) is 7.05 Å². The fourth-order valence-corrected chi connectivity index (χ4v) is 3.98. The van der Waals surface area contributed by atoms with E-state index >= 15 is 0 Å². The highest BCUT2D eigenvalue weighted by atomic mass is 79.9. The molecule has 0 aliphatic heterocycles. The molecular formula is C14H16BrClN2O2S. The zero-order valence-corrected chi connectivity index (χ0v) is 14.9. The summed E-state index contributed by atoms with van der Waals surface area (Å²) in [5.74, 6) is 0.279. The highest BCUT2D eigenvalue weighted by Gasteiger charge is 2.23. The van der Waals surface area contributed by atoms with Crippen LogP contribution in [-0.2, 0) is 29.5 Å². The van der Waals surface area contributed by atoms with Gasteiger partial charge in [-0.2, -0.15) is 4.31 Å². The number of benzene rings is 1. The van der Waals surface area contributed by atoms with Crippen molar-refractivity contribution in [3.05, 3.63) is 52.3 Å². The van der Waals surface area contributed by atoms with Crippen molar-refractivity contribution in [1.29, 1.82) is 0 Å². The molecule has 0 N–H and O–H groups in total. The van der Waals surface area contributed by atoms with Crippen molar-refractivity contribution in [3.8, 4) is 0 Å². The molecule has 0 aliphatic carbocycles. The molecule has 0 aliphatic rings. The Bertz CT molecular complexity index is 743. The molecule has 1 aromatic heterocycles. The molecule has 0 radical (unpaired) electrons. The van der Waals surface area contributed by atoms with Gasteiger partial charge in [0, 0.05) is 37.0 Å². The molecule has 0 amide bonds. The normalized spacial score (nSPS) is 12.0. The molecule has 0 atom stereocenters. The smallest absolute Gasteiger partial charge is 0.244 e. The number of sulfonamides is 1. The van der Waals surface area contributed by atoms with Gasteiger partial charge >= 0.3 is 0 Å². The van der Waals surface area contributed by atoms with Gasteiger partial charge in [0.25, 0.3) is 0 Å². The van der Waals surface area contributed by atoms with Gasteiger partial charge < -0.3 is 4.57 Å². The van der Waals surface area contributed by atoms with Gasteiger partial charge in [0.15, 0.2) is 0 Å². The number of hydrogen-bond donors (Lipinski definition) is 0. The van der Waals surface area contributed by atoms with E-state index in [1.807, 2.05) is 24.3 Å². The minimum atomic E-state index is -3.52. The summed E-state index contributed by atoms with van der Waals surface area (Å²) in [6.45, 7) is 0.312. The first-order valence-corrected chi connectivity index (χ1v) is 9.03. The first-order chi connectivity index (χ1) is 9.84. The summed E-state index contributed by atoms with van der Waals surface area (Å²) in [6.07, 6.45) is 1.59. The van der Waals surface area contributed by atoms with Crippen LogP contribution in [0.5, 0.6) is 0 Å². The average Bonchev–Trinajstić information content (AvgIpc) is 2.80. The van der Waals surface area contributed by atoms with E-state index < -0.39 is 10.0 Å². The topological polar surface area (TPSA) is 42.3 Å². The Kier molecular flexibility index (Phi) is 5.14. The first kappa shape index (κ1) is 16.5. The zero-order valence-electron chi connectivity index (χ0n) is 11.8. The molecule has 21 heavy (non-hydrogen) atoms. The summed E-state index contributed by atoms with van der Waals surface area (Å²) in [5, 5.41) is 0. The van der Waals surface area contributed by atoms with Crippen LogP contribution in [0, 0.1) is 0 Å². The standard InChI is InChI=1S/C14H16BrClN2O2S/c1-17-10-14(7-13(17)8-16)21(19,20)18(2)9-11-4-3-5-12(15)6-11/h3-7,10H,8-9H2,1-2H3. The lowest BCUT2D eigenvalue weighted by Crippen LogP contribution is -2.26. The first-order valence-electron chi connectivity index (χ1n) is 6.26. The SMILES string of the molecule is CN(Cc1cccc(Br)c1)S(=O)(=O)c1cc(CCl)n(C)c1. The van der Waals surface area contributed by atoms with E-state index in [1.54, 1.807) is 30.9 Å². The van der Waals surface area contributed by atoms with E-state index in [0.29, 0.717) is 6.54 Å². The third-order valence-corrected chi connectivity index (χ3v) is 5.76. The lowest BCUT2D eigenvalue weighted by atomic mass is 10.2. The Balaban J connectivity index is 2.26. The number of halogens is 2. The number of aryl methyl sites for hydroxylation is 1. The molecule has 2 rings (SSSR count). The van der Waals surface area contributed by atoms with Crippen molar-refractivity contribution in [2.24, 2.45) is 7.05 Å². The highest BCUT2D eigenvalue weighted by molar-refractivity contribution is 9.10. The molecule has 0 unspecified atom stereocenters. The van der Waals surface area contributed by atoms with E-state index in [1.165, 1.54) is 4.31 Å². The summed E-state index contributed by atoms with van der Waals surface area (Å²) in [6, 6.07) is 9.20. The van der Waals surface area contributed by atoms with Crippen molar-refractivity contribution in [1.82, 2.24) is 8.87 Å². The van der Waals surface area contributed by atoms with Crippen LogP contribution in [-0.4, -0.2) is 24.3 Å². The number of hydrogen-bond acceptors (Lipinski definition) is 2. The van der Waals surface area contributed by atoms with Crippen LogP contribution in [0.4, 0.5) is 0 Å².